The molecule has 0 amide bonds. The smallest absolute Gasteiger partial charge is 0.0454 e. The van der Waals surface area contributed by atoms with Crippen molar-refractivity contribution in [1.29, 1.82) is 0 Å². The van der Waals surface area contributed by atoms with Gasteiger partial charge in [-0.05, 0) is 90.2 Å². The van der Waals surface area contributed by atoms with E-state index in [9.17, 15) is 0 Å². The number of hydrogen-bond donors (Lipinski definition) is 0. The second-order valence-corrected chi connectivity index (χ2v) is 11.3. The molecule has 0 heterocycles. The number of fused-ring (bicyclic) bond motifs is 3. The molecule has 4 aromatic carbocycles. The number of nitrogens with zero attached hydrogens (tertiary/aromatic N) is 1. The largest absolute Gasteiger partial charge is 0.336 e. The molecule has 2 unspecified atom stereocenters. The predicted octanol–water partition coefficient (Wildman–Crippen LogP) is 9.72. The maximum Gasteiger partial charge on any atom is 0.0454 e. The van der Waals surface area contributed by atoms with Crippen LogP contribution in [0.25, 0.3) is 22.3 Å². The molecule has 1 aliphatic rings. The molecular formula is C35H39N. The van der Waals surface area contributed by atoms with E-state index in [4.69, 9.17) is 2.74 Å². The molecule has 36 heavy (non-hydrogen) atoms. The zero-order valence-electron chi connectivity index (χ0n) is 24.7. The molecule has 4 aromatic rings. The van der Waals surface area contributed by atoms with Crippen LogP contribution in [0, 0.1) is 0 Å². The van der Waals surface area contributed by atoms with Gasteiger partial charge in [-0.1, -0.05) is 100 Å². The summed E-state index contributed by atoms with van der Waals surface area (Å²) < 4.78 is 17.9. The molecule has 0 aliphatic heterocycles. The van der Waals surface area contributed by atoms with Gasteiger partial charge >= 0.3 is 0 Å². The summed E-state index contributed by atoms with van der Waals surface area (Å²) in [6, 6.07) is 30.1. The first-order valence-corrected chi connectivity index (χ1v) is 13.0. The van der Waals surface area contributed by atoms with Crippen molar-refractivity contribution in [3.8, 4) is 22.3 Å². The Morgan fingerprint density at radius 2 is 1.36 bits per heavy atom. The van der Waals surface area contributed by atoms with Crippen molar-refractivity contribution >= 4 is 11.4 Å². The SMILES string of the molecule is [2H]C(C)c1cc2c(cc1N(c1cccc(-c3ccccc3)c1C([2H])C)C(C)(C)C)-c1ccccc1C2(C)C. The molecule has 0 aromatic heterocycles. The average Bonchev–Trinajstić information content (AvgIpc) is 3.09. The van der Waals surface area contributed by atoms with Crippen LogP contribution in [-0.4, -0.2) is 5.54 Å². The zero-order chi connectivity index (χ0) is 27.4. The first kappa shape index (κ1) is 21.9. The highest BCUT2D eigenvalue weighted by Crippen LogP contribution is 2.52. The van der Waals surface area contributed by atoms with Crippen molar-refractivity contribution in [2.75, 3.05) is 4.90 Å². The van der Waals surface area contributed by atoms with Gasteiger partial charge in [0.15, 0.2) is 0 Å². The molecule has 0 saturated heterocycles. The summed E-state index contributed by atoms with van der Waals surface area (Å²) in [5, 5.41) is 0. The van der Waals surface area contributed by atoms with Crippen molar-refractivity contribution in [2.45, 2.75) is 72.2 Å². The van der Waals surface area contributed by atoms with Crippen LogP contribution in [0.1, 0.15) is 73.5 Å². The van der Waals surface area contributed by atoms with Gasteiger partial charge in [-0.15, -0.1) is 0 Å². The van der Waals surface area contributed by atoms with E-state index < -0.39 is 12.8 Å². The summed E-state index contributed by atoms with van der Waals surface area (Å²) in [6.45, 7) is 15.2. The Kier molecular flexibility index (Phi) is 5.46. The van der Waals surface area contributed by atoms with E-state index in [0.29, 0.717) is 0 Å². The Morgan fingerprint density at radius 3 is 2.03 bits per heavy atom. The minimum Gasteiger partial charge on any atom is -0.336 e. The fourth-order valence-corrected chi connectivity index (χ4v) is 5.95. The summed E-state index contributed by atoms with van der Waals surface area (Å²) in [5.41, 5.74) is 11.1. The van der Waals surface area contributed by atoms with Gasteiger partial charge in [0.25, 0.3) is 0 Å². The van der Waals surface area contributed by atoms with Gasteiger partial charge in [-0.25, -0.2) is 0 Å². The fourth-order valence-electron chi connectivity index (χ4n) is 5.95. The fraction of sp³-hybridized carbons (Fsp3) is 0.314. The molecular weight excluding hydrogens is 434 g/mol. The summed E-state index contributed by atoms with van der Waals surface area (Å²) in [4.78, 5) is 2.38. The van der Waals surface area contributed by atoms with Crippen LogP contribution >= 0.6 is 0 Å². The van der Waals surface area contributed by atoms with Gasteiger partial charge in [-0.3, -0.25) is 0 Å². The van der Waals surface area contributed by atoms with E-state index in [1.54, 1.807) is 0 Å². The molecule has 0 fully saturated rings. The lowest BCUT2D eigenvalue weighted by molar-refractivity contribution is 0.557. The van der Waals surface area contributed by atoms with E-state index in [1.807, 2.05) is 19.9 Å². The van der Waals surface area contributed by atoms with Crippen molar-refractivity contribution in [3.63, 3.8) is 0 Å². The Morgan fingerprint density at radius 1 is 0.694 bits per heavy atom. The number of anilines is 2. The van der Waals surface area contributed by atoms with Gasteiger partial charge < -0.3 is 4.90 Å². The molecule has 0 spiro atoms. The molecule has 0 N–H and O–H groups in total. The van der Waals surface area contributed by atoms with E-state index in [1.165, 1.54) is 22.3 Å². The van der Waals surface area contributed by atoms with Gasteiger partial charge in [0.05, 0.1) is 0 Å². The van der Waals surface area contributed by atoms with Crippen molar-refractivity contribution in [2.24, 2.45) is 0 Å². The van der Waals surface area contributed by atoms with Crippen LogP contribution in [0.15, 0.2) is 84.9 Å². The lowest BCUT2D eigenvalue weighted by Crippen LogP contribution is -2.39. The molecule has 1 aliphatic carbocycles. The van der Waals surface area contributed by atoms with Crippen molar-refractivity contribution in [1.82, 2.24) is 0 Å². The number of rotatable bonds is 5. The first-order valence-electron chi connectivity index (χ1n) is 14.2. The molecule has 1 heteroatoms. The summed E-state index contributed by atoms with van der Waals surface area (Å²) >= 11 is 0. The first-order chi connectivity index (χ1) is 17.9. The quantitative estimate of drug-likeness (QED) is 0.278. The Hall–Kier alpha value is -3.32. The van der Waals surface area contributed by atoms with Crippen molar-refractivity contribution in [3.05, 3.63) is 107 Å². The highest BCUT2D eigenvalue weighted by Gasteiger charge is 2.37. The highest BCUT2D eigenvalue weighted by molar-refractivity contribution is 5.87. The summed E-state index contributed by atoms with van der Waals surface area (Å²) in [7, 11) is 0. The van der Waals surface area contributed by atoms with Gasteiger partial charge in [0.2, 0.25) is 0 Å². The van der Waals surface area contributed by atoms with Crippen LogP contribution in [0.4, 0.5) is 11.4 Å². The van der Waals surface area contributed by atoms with Gasteiger partial charge in [-0.2, -0.15) is 0 Å². The maximum atomic E-state index is 8.96. The molecule has 0 bridgehead atoms. The molecule has 1 nitrogen and oxygen atoms in total. The molecule has 184 valence electrons. The zero-order valence-corrected chi connectivity index (χ0v) is 22.7. The van der Waals surface area contributed by atoms with E-state index in [-0.39, 0.29) is 11.0 Å². The number of hydrogen-bond acceptors (Lipinski definition) is 1. The molecule has 5 rings (SSSR count). The lowest BCUT2D eigenvalue weighted by atomic mass is 9.81. The third-order valence-corrected chi connectivity index (χ3v) is 7.65. The van der Waals surface area contributed by atoms with E-state index in [2.05, 4.69) is 118 Å². The van der Waals surface area contributed by atoms with E-state index >= 15 is 0 Å². The van der Waals surface area contributed by atoms with Crippen LogP contribution in [0.5, 0.6) is 0 Å². The minimum atomic E-state index is -0.419. The maximum absolute atomic E-state index is 8.96. The summed E-state index contributed by atoms with van der Waals surface area (Å²) in [6.07, 6.45) is -0.814. The number of aryl methyl sites for hydroxylation is 1. The van der Waals surface area contributed by atoms with Crippen LogP contribution in [0.2, 0.25) is 0 Å². The van der Waals surface area contributed by atoms with Gasteiger partial charge in [0, 0.05) is 25.1 Å². The van der Waals surface area contributed by atoms with Crippen LogP contribution in [-0.2, 0) is 18.2 Å². The topological polar surface area (TPSA) is 3.24 Å². The van der Waals surface area contributed by atoms with Crippen LogP contribution in [0.3, 0.4) is 0 Å². The molecule has 2 atom stereocenters. The Balaban J connectivity index is 1.83. The second-order valence-electron chi connectivity index (χ2n) is 11.3. The predicted molar refractivity (Wildman–Crippen MR) is 157 cm³/mol. The normalized spacial score (nSPS) is 16.4. The highest BCUT2D eigenvalue weighted by atomic mass is 15.2. The third kappa shape index (κ3) is 3.86. The Labute approximate surface area is 220 Å². The summed E-state index contributed by atoms with van der Waals surface area (Å²) in [5.74, 6) is 0. The minimum absolute atomic E-state index is 0.116. The molecule has 0 radical (unpaired) electrons. The Bertz CT molecular complexity index is 1480. The third-order valence-electron chi connectivity index (χ3n) is 7.65. The lowest BCUT2D eigenvalue weighted by Gasteiger charge is -2.41. The second kappa shape index (κ2) is 8.96. The standard InChI is InChI=1S/C35H39N/c1-8-24-22-31-29(28-18-13-14-20-30(28)35(31,6)7)23-33(24)36(34(3,4)5)32-21-15-19-27(26(32)9-2)25-16-11-10-12-17-25/h10-23H,8-9H2,1-7H3/i8D,9D. The van der Waals surface area contributed by atoms with Crippen molar-refractivity contribution < 1.29 is 2.74 Å². The average molecular weight is 476 g/mol. The number of benzene rings is 4. The van der Waals surface area contributed by atoms with E-state index in [0.717, 1.165) is 33.6 Å². The van der Waals surface area contributed by atoms with Gasteiger partial charge in [0.1, 0.15) is 0 Å². The van der Waals surface area contributed by atoms with Crippen LogP contribution < -0.4 is 4.90 Å². The monoisotopic (exact) mass is 475 g/mol. The molecule has 0 saturated carbocycles.